The van der Waals surface area contributed by atoms with E-state index in [4.69, 9.17) is 0 Å². The number of piperazine rings is 1. The molecule has 1 aliphatic heterocycles. The average Bonchev–Trinajstić information content (AvgIpc) is 2.98. The highest BCUT2D eigenvalue weighted by molar-refractivity contribution is 5.96. The van der Waals surface area contributed by atoms with Crippen LogP contribution in [0.15, 0.2) is 24.4 Å². The van der Waals surface area contributed by atoms with Crippen LogP contribution in [0.25, 0.3) is 10.9 Å². The molecule has 0 radical (unpaired) electrons. The Morgan fingerprint density at radius 2 is 1.76 bits per heavy atom. The number of hydrogen-bond donors (Lipinski definition) is 2. The Balaban J connectivity index is 1.84. The van der Waals surface area contributed by atoms with Gasteiger partial charge in [-0.05, 0) is 12.1 Å². The van der Waals surface area contributed by atoms with E-state index in [0.717, 1.165) is 5.39 Å². The van der Waals surface area contributed by atoms with E-state index in [-0.39, 0.29) is 11.5 Å². The van der Waals surface area contributed by atoms with Crippen LogP contribution in [0.4, 0.5) is 0 Å². The molecule has 0 spiro atoms. The Hall–Kier alpha value is -2.91. The number of hydrogen-bond acceptors (Lipinski definition) is 5. The minimum Gasteiger partial charge on any atom is -0.480 e. The van der Waals surface area contributed by atoms with Gasteiger partial charge in [0.2, 0.25) is 5.91 Å². The van der Waals surface area contributed by atoms with Gasteiger partial charge < -0.3 is 19.7 Å². The van der Waals surface area contributed by atoms with Crippen LogP contribution in [-0.2, 0) is 16.6 Å². The monoisotopic (exact) mass is 402 g/mol. The normalized spacial score (nSPS) is 16.7. The molecule has 1 aliphatic rings. The predicted octanol–water partition coefficient (Wildman–Crippen LogP) is 0.708. The lowest BCUT2D eigenvalue weighted by Crippen LogP contribution is -2.51. The molecule has 1 aromatic heterocycles. The molecule has 0 bridgehead atoms. The van der Waals surface area contributed by atoms with Crippen molar-refractivity contribution < 1.29 is 24.6 Å². The smallest absolute Gasteiger partial charge is 0.335 e. The zero-order valence-corrected chi connectivity index (χ0v) is 16.8. The summed E-state index contributed by atoms with van der Waals surface area (Å²) >= 11 is 0. The van der Waals surface area contributed by atoms with Gasteiger partial charge in [0.25, 0.3) is 0 Å². The number of fused-ring (bicyclic) bond motifs is 1. The first-order chi connectivity index (χ1) is 13.7. The lowest BCUT2D eigenvalue weighted by molar-refractivity contribution is -0.145. The first-order valence-electron chi connectivity index (χ1n) is 9.40. The molecule has 2 N–H and O–H groups in total. The van der Waals surface area contributed by atoms with Crippen LogP contribution in [0.3, 0.4) is 0 Å². The average molecular weight is 402 g/mol. The van der Waals surface area contributed by atoms with Crippen LogP contribution in [0.1, 0.15) is 22.0 Å². The molecule has 1 saturated heterocycles. The Bertz CT molecular complexity index is 944. The number of carbonyl (C=O) groups excluding carboxylic acids is 1. The van der Waals surface area contributed by atoms with E-state index in [9.17, 15) is 24.6 Å². The second-order valence-electron chi connectivity index (χ2n) is 7.57. The third kappa shape index (κ3) is 4.25. The third-order valence-electron chi connectivity index (χ3n) is 5.43. The van der Waals surface area contributed by atoms with E-state index < -0.39 is 18.0 Å². The minimum atomic E-state index is -1.02. The molecule has 1 atom stereocenters. The van der Waals surface area contributed by atoms with Crippen molar-refractivity contribution >= 4 is 28.7 Å². The number of aryl methyl sites for hydroxylation is 1. The molecule has 156 valence electrons. The van der Waals surface area contributed by atoms with E-state index >= 15 is 0 Å². The van der Waals surface area contributed by atoms with Crippen LogP contribution in [0.2, 0.25) is 0 Å². The molecule has 1 fully saturated rings. The maximum atomic E-state index is 12.2. The molecule has 0 aliphatic carbocycles. The number of rotatable bonds is 6. The number of carbonyl (C=O) groups is 3. The number of aromatic nitrogens is 1. The molecule has 9 nitrogen and oxygen atoms in total. The number of aromatic carboxylic acids is 1. The zero-order valence-electron chi connectivity index (χ0n) is 16.8. The van der Waals surface area contributed by atoms with Crippen LogP contribution in [-0.4, -0.2) is 94.1 Å². The predicted molar refractivity (Wildman–Crippen MR) is 107 cm³/mol. The van der Waals surface area contributed by atoms with Gasteiger partial charge in [0, 0.05) is 70.0 Å². The summed E-state index contributed by atoms with van der Waals surface area (Å²) in [7, 11) is 5.21. The summed E-state index contributed by atoms with van der Waals surface area (Å²) in [4.78, 5) is 40.8. The summed E-state index contributed by atoms with van der Waals surface area (Å²) in [6.45, 7) is 2.60. The highest BCUT2D eigenvalue weighted by Crippen LogP contribution is 2.31. The van der Waals surface area contributed by atoms with Crippen LogP contribution in [0.5, 0.6) is 0 Å². The van der Waals surface area contributed by atoms with Gasteiger partial charge in [-0.1, -0.05) is 6.07 Å². The molecule has 0 saturated carbocycles. The van der Waals surface area contributed by atoms with Crippen LogP contribution in [0, 0.1) is 0 Å². The van der Waals surface area contributed by atoms with Crippen molar-refractivity contribution in [3.63, 3.8) is 0 Å². The van der Waals surface area contributed by atoms with E-state index in [0.29, 0.717) is 43.8 Å². The van der Waals surface area contributed by atoms with Gasteiger partial charge in [0.15, 0.2) is 0 Å². The fraction of sp³-hybridized carbons (Fsp3) is 0.450. The van der Waals surface area contributed by atoms with Gasteiger partial charge in [-0.3, -0.25) is 19.4 Å². The van der Waals surface area contributed by atoms with Crippen molar-refractivity contribution in [2.24, 2.45) is 7.05 Å². The van der Waals surface area contributed by atoms with Crippen LogP contribution >= 0.6 is 0 Å². The highest BCUT2D eigenvalue weighted by Gasteiger charge is 2.33. The van der Waals surface area contributed by atoms with Crippen molar-refractivity contribution in [3.8, 4) is 0 Å². The first kappa shape index (κ1) is 20.8. The summed E-state index contributed by atoms with van der Waals surface area (Å²) < 4.78 is 1.76. The van der Waals surface area contributed by atoms with Gasteiger partial charge in [0.05, 0.1) is 12.1 Å². The maximum Gasteiger partial charge on any atom is 0.335 e. The van der Waals surface area contributed by atoms with Gasteiger partial charge >= 0.3 is 11.9 Å². The van der Waals surface area contributed by atoms with E-state index in [1.807, 2.05) is 9.80 Å². The Kier molecular flexibility index (Phi) is 5.90. The summed E-state index contributed by atoms with van der Waals surface area (Å²) in [6, 6.07) is 3.90. The number of benzene rings is 1. The zero-order chi connectivity index (χ0) is 21.3. The molecule has 0 unspecified atom stereocenters. The number of carboxylic acids is 2. The fourth-order valence-corrected chi connectivity index (χ4v) is 3.76. The molecular weight excluding hydrogens is 376 g/mol. The Labute approximate surface area is 168 Å². The number of carboxylic acid groups (broad SMARTS) is 2. The lowest BCUT2D eigenvalue weighted by atomic mass is 10.0. The molecule has 2 heterocycles. The van der Waals surface area contributed by atoms with Crippen LogP contribution < -0.4 is 0 Å². The third-order valence-corrected chi connectivity index (χ3v) is 5.43. The number of likely N-dealkylation sites (N-methyl/N-ethyl adjacent to an activating group) is 1. The highest BCUT2D eigenvalue weighted by atomic mass is 16.4. The molecule has 1 amide bonds. The van der Waals surface area contributed by atoms with Crippen molar-refractivity contribution in [1.82, 2.24) is 19.3 Å². The number of amides is 1. The van der Waals surface area contributed by atoms with Gasteiger partial charge in [0.1, 0.15) is 6.04 Å². The largest absolute Gasteiger partial charge is 0.480 e. The molecule has 29 heavy (non-hydrogen) atoms. The molecule has 9 heteroatoms. The number of aliphatic carboxylic acids is 1. The van der Waals surface area contributed by atoms with Gasteiger partial charge in [-0.25, -0.2) is 4.79 Å². The van der Waals surface area contributed by atoms with E-state index in [1.54, 1.807) is 48.9 Å². The maximum absolute atomic E-state index is 12.2. The van der Waals surface area contributed by atoms with Gasteiger partial charge in [-0.15, -0.1) is 0 Å². The molecule has 3 rings (SSSR count). The summed E-state index contributed by atoms with van der Waals surface area (Å²) in [5.41, 5.74) is 1.49. The SMILES string of the molecule is CN(C)C(=O)CN1CCN([C@@H](C(=O)O)c2cn(C)c3cc(C(=O)O)ccc23)CC1. The second-order valence-corrected chi connectivity index (χ2v) is 7.57. The van der Waals surface area contributed by atoms with Crippen molar-refractivity contribution in [2.45, 2.75) is 6.04 Å². The van der Waals surface area contributed by atoms with Gasteiger partial charge in [-0.2, -0.15) is 0 Å². The van der Waals surface area contributed by atoms with Crippen molar-refractivity contribution in [3.05, 3.63) is 35.5 Å². The van der Waals surface area contributed by atoms with Crippen molar-refractivity contribution in [2.75, 3.05) is 46.8 Å². The fourth-order valence-electron chi connectivity index (χ4n) is 3.76. The number of nitrogens with zero attached hydrogens (tertiary/aromatic N) is 4. The Morgan fingerprint density at radius 3 is 2.31 bits per heavy atom. The summed E-state index contributed by atoms with van der Waals surface area (Å²) in [5.74, 6) is -1.94. The molecule has 2 aromatic rings. The first-order valence-corrected chi connectivity index (χ1v) is 9.40. The van der Waals surface area contributed by atoms with E-state index in [2.05, 4.69) is 0 Å². The quantitative estimate of drug-likeness (QED) is 0.733. The summed E-state index contributed by atoms with van der Waals surface area (Å²) in [5, 5.41) is 19.9. The Morgan fingerprint density at radius 1 is 1.10 bits per heavy atom. The molecular formula is C20H26N4O5. The minimum absolute atomic E-state index is 0.0246. The molecule has 1 aromatic carbocycles. The van der Waals surface area contributed by atoms with Crippen molar-refractivity contribution in [1.29, 1.82) is 0 Å². The summed E-state index contributed by atoms with van der Waals surface area (Å²) in [6.07, 6.45) is 1.76. The van der Waals surface area contributed by atoms with E-state index in [1.165, 1.54) is 6.07 Å². The second kappa shape index (κ2) is 8.22. The lowest BCUT2D eigenvalue weighted by Gasteiger charge is -2.37. The topological polar surface area (TPSA) is 106 Å². The standard InChI is InChI=1S/C20H26N4O5/c1-21(2)17(25)12-23-6-8-24(9-7-23)18(20(28)29)15-11-22(3)16-10-13(19(26)27)4-5-14(15)16/h4-5,10-11,18H,6-9,12H2,1-3H3,(H,26,27)(H,28,29)/t18-/m1/s1.